The molecule has 0 bridgehead atoms. The summed E-state index contributed by atoms with van der Waals surface area (Å²) in [5.74, 6) is 1.54. The molecule has 122 valence electrons. The first kappa shape index (κ1) is 15.9. The van der Waals surface area contributed by atoms with Crippen molar-refractivity contribution < 1.29 is 14.3 Å². The van der Waals surface area contributed by atoms with Crippen LogP contribution in [0.5, 0.6) is 11.5 Å². The highest BCUT2D eigenvalue weighted by atomic mass is 32.1. The van der Waals surface area contributed by atoms with Gasteiger partial charge in [0.2, 0.25) is 0 Å². The molecule has 4 nitrogen and oxygen atoms in total. The molecule has 5 heteroatoms. The van der Waals surface area contributed by atoms with Crippen molar-refractivity contribution in [3.05, 3.63) is 45.6 Å². The first-order valence-electron chi connectivity index (χ1n) is 7.73. The number of ether oxygens (including phenoxy) is 2. The van der Waals surface area contributed by atoms with E-state index in [4.69, 9.17) is 9.47 Å². The molecule has 1 aliphatic rings. The van der Waals surface area contributed by atoms with E-state index in [1.807, 2.05) is 42.2 Å². The number of benzene rings is 1. The van der Waals surface area contributed by atoms with Gasteiger partial charge in [-0.2, -0.15) is 0 Å². The van der Waals surface area contributed by atoms with Crippen molar-refractivity contribution in [1.82, 2.24) is 4.90 Å². The van der Waals surface area contributed by atoms with E-state index in [1.54, 1.807) is 25.6 Å². The smallest absolute Gasteiger partial charge is 0.264 e. The van der Waals surface area contributed by atoms with E-state index >= 15 is 0 Å². The Morgan fingerprint density at radius 2 is 1.96 bits per heavy atom. The molecule has 1 saturated heterocycles. The molecule has 1 aromatic heterocycles. The standard InChI is InChI=1S/C18H21NO3S/c1-12-6-9-17(23-12)18(20)19-10-4-5-14(19)13-7-8-15(21-2)16(11-13)22-3/h6-9,11,14H,4-5,10H2,1-3H3. The zero-order valence-corrected chi connectivity index (χ0v) is 14.5. The molecule has 1 aliphatic heterocycles. The van der Waals surface area contributed by atoms with Crippen LogP contribution in [-0.2, 0) is 0 Å². The third kappa shape index (κ3) is 3.06. The number of thiophene rings is 1. The van der Waals surface area contributed by atoms with Gasteiger partial charge in [-0.15, -0.1) is 11.3 Å². The fourth-order valence-corrected chi connectivity index (χ4v) is 3.93. The summed E-state index contributed by atoms with van der Waals surface area (Å²) in [7, 11) is 3.26. The topological polar surface area (TPSA) is 38.8 Å². The average molecular weight is 331 g/mol. The first-order chi connectivity index (χ1) is 11.1. The Morgan fingerprint density at radius 3 is 2.61 bits per heavy atom. The van der Waals surface area contributed by atoms with E-state index < -0.39 is 0 Å². The average Bonchev–Trinajstić information content (AvgIpc) is 3.22. The van der Waals surface area contributed by atoms with Gasteiger partial charge in [-0.05, 0) is 49.6 Å². The van der Waals surface area contributed by atoms with Gasteiger partial charge in [0.1, 0.15) is 0 Å². The second-order valence-electron chi connectivity index (χ2n) is 5.68. The van der Waals surface area contributed by atoms with Crippen molar-refractivity contribution in [3.8, 4) is 11.5 Å². The van der Waals surface area contributed by atoms with E-state index in [0.717, 1.165) is 34.7 Å². The summed E-state index contributed by atoms with van der Waals surface area (Å²) in [6.07, 6.45) is 2.00. The summed E-state index contributed by atoms with van der Waals surface area (Å²) in [5.41, 5.74) is 1.10. The van der Waals surface area contributed by atoms with Crippen molar-refractivity contribution >= 4 is 17.2 Å². The first-order valence-corrected chi connectivity index (χ1v) is 8.55. The number of hydrogen-bond donors (Lipinski definition) is 0. The number of hydrogen-bond acceptors (Lipinski definition) is 4. The summed E-state index contributed by atoms with van der Waals surface area (Å²) in [6, 6.07) is 9.94. The van der Waals surface area contributed by atoms with Crippen molar-refractivity contribution in [1.29, 1.82) is 0 Å². The van der Waals surface area contributed by atoms with E-state index in [2.05, 4.69) is 0 Å². The SMILES string of the molecule is COc1ccc(C2CCCN2C(=O)c2ccc(C)s2)cc1OC. The van der Waals surface area contributed by atoms with Gasteiger partial charge in [-0.3, -0.25) is 4.79 Å². The summed E-state index contributed by atoms with van der Waals surface area (Å²) in [6.45, 7) is 2.83. The van der Waals surface area contributed by atoms with Gasteiger partial charge in [-0.1, -0.05) is 6.07 Å². The van der Waals surface area contributed by atoms with Crippen LogP contribution in [0.25, 0.3) is 0 Å². The molecule has 1 fully saturated rings. The number of amides is 1. The molecule has 0 N–H and O–H groups in total. The van der Waals surface area contributed by atoms with Crippen LogP contribution in [-0.4, -0.2) is 31.6 Å². The summed E-state index contributed by atoms with van der Waals surface area (Å²) >= 11 is 1.56. The molecule has 0 aliphatic carbocycles. The molecule has 3 rings (SSSR count). The highest BCUT2D eigenvalue weighted by molar-refractivity contribution is 7.13. The van der Waals surface area contributed by atoms with Crippen LogP contribution in [0.3, 0.4) is 0 Å². The van der Waals surface area contributed by atoms with Crippen LogP contribution in [0.2, 0.25) is 0 Å². The van der Waals surface area contributed by atoms with Gasteiger partial charge in [0.05, 0.1) is 25.1 Å². The zero-order chi connectivity index (χ0) is 16.4. The van der Waals surface area contributed by atoms with Crippen molar-refractivity contribution in [2.24, 2.45) is 0 Å². The number of methoxy groups -OCH3 is 2. The van der Waals surface area contributed by atoms with Crippen molar-refractivity contribution in [3.63, 3.8) is 0 Å². The fourth-order valence-electron chi connectivity index (χ4n) is 3.11. The van der Waals surface area contributed by atoms with Crippen LogP contribution in [0, 0.1) is 6.92 Å². The molecule has 1 aromatic carbocycles. The molecule has 0 saturated carbocycles. The van der Waals surface area contributed by atoms with Crippen LogP contribution in [0.4, 0.5) is 0 Å². The minimum atomic E-state index is 0.102. The monoisotopic (exact) mass is 331 g/mol. The molecule has 1 amide bonds. The van der Waals surface area contributed by atoms with Gasteiger partial charge in [0.25, 0.3) is 5.91 Å². The predicted octanol–water partition coefficient (Wildman–Crippen LogP) is 4.05. The van der Waals surface area contributed by atoms with Crippen LogP contribution in [0.15, 0.2) is 30.3 Å². The number of likely N-dealkylation sites (tertiary alicyclic amines) is 1. The normalized spacial score (nSPS) is 17.3. The van der Waals surface area contributed by atoms with Gasteiger partial charge in [0.15, 0.2) is 11.5 Å². The lowest BCUT2D eigenvalue weighted by Crippen LogP contribution is -2.29. The lowest BCUT2D eigenvalue weighted by atomic mass is 10.0. The van der Waals surface area contributed by atoms with E-state index in [1.165, 1.54) is 0 Å². The summed E-state index contributed by atoms with van der Waals surface area (Å²) in [4.78, 5) is 16.8. The fraction of sp³-hybridized carbons (Fsp3) is 0.389. The minimum Gasteiger partial charge on any atom is -0.493 e. The molecule has 23 heavy (non-hydrogen) atoms. The quantitative estimate of drug-likeness (QED) is 0.848. The molecule has 1 unspecified atom stereocenters. The lowest BCUT2D eigenvalue weighted by molar-refractivity contribution is 0.0740. The molecule has 2 heterocycles. The Labute approximate surface area is 140 Å². The lowest BCUT2D eigenvalue weighted by Gasteiger charge is -2.25. The number of rotatable bonds is 4. The number of nitrogens with zero attached hydrogens (tertiary/aromatic N) is 1. The van der Waals surface area contributed by atoms with E-state index in [0.29, 0.717) is 11.5 Å². The van der Waals surface area contributed by atoms with Crippen molar-refractivity contribution in [2.45, 2.75) is 25.8 Å². The molecule has 2 aromatic rings. The Morgan fingerprint density at radius 1 is 1.17 bits per heavy atom. The van der Waals surface area contributed by atoms with Gasteiger partial charge in [0, 0.05) is 11.4 Å². The van der Waals surface area contributed by atoms with Crippen LogP contribution >= 0.6 is 11.3 Å². The largest absolute Gasteiger partial charge is 0.493 e. The van der Waals surface area contributed by atoms with E-state index in [9.17, 15) is 4.79 Å². The third-order valence-electron chi connectivity index (χ3n) is 4.26. The maximum absolute atomic E-state index is 12.8. The Balaban J connectivity index is 1.88. The zero-order valence-electron chi connectivity index (χ0n) is 13.7. The van der Waals surface area contributed by atoms with Crippen LogP contribution in [0.1, 0.15) is 39.0 Å². The van der Waals surface area contributed by atoms with Crippen molar-refractivity contribution in [2.75, 3.05) is 20.8 Å². The molecule has 0 spiro atoms. The number of aryl methyl sites for hydroxylation is 1. The van der Waals surface area contributed by atoms with Gasteiger partial charge in [-0.25, -0.2) is 0 Å². The molecular weight excluding hydrogens is 310 g/mol. The summed E-state index contributed by atoms with van der Waals surface area (Å²) in [5, 5.41) is 0. The maximum Gasteiger partial charge on any atom is 0.264 e. The molecular formula is C18H21NO3S. The Bertz CT molecular complexity index is 710. The van der Waals surface area contributed by atoms with Gasteiger partial charge >= 0.3 is 0 Å². The summed E-state index contributed by atoms with van der Waals surface area (Å²) < 4.78 is 10.7. The predicted molar refractivity (Wildman–Crippen MR) is 91.6 cm³/mol. The van der Waals surface area contributed by atoms with E-state index in [-0.39, 0.29) is 11.9 Å². The Hall–Kier alpha value is -2.01. The second-order valence-corrected chi connectivity index (χ2v) is 6.97. The maximum atomic E-state index is 12.8. The number of carbonyl (C=O) groups is 1. The Kier molecular flexibility index (Phi) is 4.57. The van der Waals surface area contributed by atoms with Crippen LogP contribution < -0.4 is 9.47 Å². The molecule has 0 radical (unpaired) electrons. The highest BCUT2D eigenvalue weighted by Crippen LogP contribution is 2.38. The third-order valence-corrected chi connectivity index (χ3v) is 5.25. The second kappa shape index (κ2) is 6.62. The number of carbonyl (C=O) groups excluding carboxylic acids is 1. The minimum absolute atomic E-state index is 0.102. The van der Waals surface area contributed by atoms with Gasteiger partial charge < -0.3 is 14.4 Å². The molecule has 1 atom stereocenters. The highest BCUT2D eigenvalue weighted by Gasteiger charge is 2.31.